The number of methoxy groups -OCH3 is 1. The van der Waals surface area contributed by atoms with Gasteiger partial charge < -0.3 is 20.1 Å². The van der Waals surface area contributed by atoms with Crippen molar-refractivity contribution < 1.29 is 19.4 Å². The zero-order valence-electron chi connectivity index (χ0n) is 11.6. The molecule has 0 aromatic rings. The van der Waals surface area contributed by atoms with Crippen LogP contribution in [-0.2, 0) is 9.53 Å². The number of rotatable bonds is 6. The number of ether oxygens (including phenoxy) is 1. The summed E-state index contributed by atoms with van der Waals surface area (Å²) in [6, 6.07) is -0.578. The van der Waals surface area contributed by atoms with E-state index in [1.807, 2.05) is 4.90 Å². The first-order valence-corrected chi connectivity index (χ1v) is 6.55. The van der Waals surface area contributed by atoms with Gasteiger partial charge in [-0.05, 0) is 13.3 Å². The highest BCUT2D eigenvalue weighted by molar-refractivity contribution is 5.74. The fourth-order valence-electron chi connectivity index (χ4n) is 1.99. The van der Waals surface area contributed by atoms with Crippen molar-refractivity contribution in [1.82, 2.24) is 15.1 Å². The summed E-state index contributed by atoms with van der Waals surface area (Å²) in [5.41, 5.74) is 0. The van der Waals surface area contributed by atoms with E-state index in [0.29, 0.717) is 39.3 Å². The van der Waals surface area contributed by atoms with Crippen molar-refractivity contribution in [3.8, 4) is 0 Å². The molecule has 0 aliphatic carbocycles. The van der Waals surface area contributed by atoms with Crippen LogP contribution >= 0.6 is 0 Å². The monoisotopic (exact) mass is 273 g/mol. The number of piperazine rings is 1. The topological polar surface area (TPSA) is 82.1 Å². The highest BCUT2D eigenvalue weighted by Gasteiger charge is 2.26. The Hall–Kier alpha value is -1.34. The number of nitrogens with one attached hydrogen (secondary N) is 1. The van der Waals surface area contributed by atoms with E-state index < -0.39 is 12.0 Å². The minimum absolute atomic E-state index is 0.0845. The minimum Gasteiger partial charge on any atom is -0.480 e. The summed E-state index contributed by atoms with van der Waals surface area (Å²) < 4.78 is 4.90. The number of hydrogen-bond donors (Lipinski definition) is 2. The van der Waals surface area contributed by atoms with Crippen LogP contribution in [0.15, 0.2) is 0 Å². The molecule has 1 heterocycles. The molecule has 0 aromatic heterocycles. The Bertz CT molecular complexity index is 303. The van der Waals surface area contributed by atoms with E-state index >= 15 is 0 Å². The van der Waals surface area contributed by atoms with Crippen LogP contribution in [0.25, 0.3) is 0 Å². The molecule has 0 bridgehead atoms. The van der Waals surface area contributed by atoms with Gasteiger partial charge in [-0.3, -0.25) is 9.69 Å². The lowest BCUT2D eigenvalue weighted by atomic mass is 10.2. The third-order valence-electron chi connectivity index (χ3n) is 3.31. The van der Waals surface area contributed by atoms with Crippen molar-refractivity contribution in [2.24, 2.45) is 0 Å². The smallest absolute Gasteiger partial charge is 0.320 e. The van der Waals surface area contributed by atoms with E-state index in [1.54, 1.807) is 18.9 Å². The molecule has 2 amide bonds. The maximum atomic E-state index is 11.8. The van der Waals surface area contributed by atoms with Crippen LogP contribution in [0.5, 0.6) is 0 Å². The van der Waals surface area contributed by atoms with Crippen LogP contribution in [0, 0.1) is 0 Å². The molecule has 2 N–H and O–H groups in total. The number of urea groups is 1. The zero-order valence-corrected chi connectivity index (χ0v) is 11.6. The lowest BCUT2D eigenvalue weighted by molar-refractivity contribution is -0.143. The molecule has 110 valence electrons. The average molecular weight is 273 g/mol. The first-order chi connectivity index (χ1) is 9.06. The SMILES string of the molecule is COCCCNC(=O)N1CCN(C(C)C(=O)O)CC1. The van der Waals surface area contributed by atoms with Crippen molar-refractivity contribution in [1.29, 1.82) is 0 Å². The lowest BCUT2D eigenvalue weighted by Crippen LogP contribution is -2.55. The van der Waals surface area contributed by atoms with Gasteiger partial charge in [0, 0.05) is 46.4 Å². The van der Waals surface area contributed by atoms with Gasteiger partial charge in [-0.15, -0.1) is 0 Å². The number of carbonyl (C=O) groups excluding carboxylic acids is 1. The van der Waals surface area contributed by atoms with Crippen molar-refractivity contribution in [2.75, 3.05) is 46.4 Å². The second kappa shape index (κ2) is 7.96. The summed E-state index contributed by atoms with van der Waals surface area (Å²) in [7, 11) is 1.63. The maximum absolute atomic E-state index is 11.8. The van der Waals surface area contributed by atoms with Gasteiger partial charge in [0.15, 0.2) is 0 Å². The molecule has 0 spiro atoms. The lowest BCUT2D eigenvalue weighted by Gasteiger charge is -2.36. The molecule has 19 heavy (non-hydrogen) atoms. The van der Waals surface area contributed by atoms with Gasteiger partial charge in [0.2, 0.25) is 0 Å². The molecule has 1 saturated heterocycles. The van der Waals surface area contributed by atoms with Crippen molar-refractivity contribution in [3.05, 3.63) is 0 Å². The van der Waals surface area contributed by atoms with Gasteiger partial charge in [0.25, 0.3) is 0 Å². The average Bonchev–Trinajstić information content (AvgIpc) is 2.42. The zero-order chi connectivity index (χ0) is 14.3. The molecule has 0 radical (unpaired) electrons. The minimum atomic E-state index is -0.822. The van der Waals surface area contributed by atoms with E-state index in [2.05, 4.69) is 5.32 Å². The highest BCUT2D eigenvalue weighted by atomic mass is 16.5. The van der Waals surface area contributed by atoms with E-state index in [-0.39, 0.29) is 6.03 Å². The van der Waals surface area contributed by atoms with E-state index in [1.165, 1.54) is 0 Å². The summed E-state index contributed by atoms with van der Waals surface area (Å²) in [6.07, 6.45) is 0.790. The molecule has 7 heteroatoms. The van der Waals surface area contributed by atoms with Crippen molar-refractivity contribution in [2.45, 2.75) is 19.4 Å². The molecule has 0 aromatic carbocycles. The van der Waals surface area contributed by atoms with Crippen LogP contribution in [-0.4, -0.2) is 79.4 Å². The van der Waals surface area contributed by atoms with Crippen LogP contribution < -0.4 is 5.32 Å². The first kappa shape index (κ1) is 15.7. The summed E-state index contributed by atoms with van der Waals surface area (Å²) in [4.78, 5) is 26.3. The van der Waals surface area contributed by atoms with E-state index in [4.69, 9.17) is 9.84 Å². The van der Waals surface area contributed by atoms with Gasteiger partial charge in [-0.2, -0.15) is 0 Å². The Labute approximate surface area is 113 Å². The summed E-state index contributed by atoms with van der Waals surface area (Å²) in [6.45, 7) is 5.21. The van der Waals surface area contributed by atoms with Crippen LogP contribution in [0.3, 0.4) is 0 Å². The predicted octanol–water partition coefficient (Wildman–Crippen LogP) is -0.177. The van der Waals surface area contributed by atoms with Crippen LogP contribution in [0.4, 0.5) is 4.79 Å². The molecule has 1 unspecified atom stereocenters. The van der Waals surface area contributed by atoms with Gasteiger partial charge in [-0.1, -0.05) is 0 Å². The number of amides is 2. The first-order valence-electron chi connectivity index (χ1n) is 6.55. The molecular formula is C12H23N3O4. The Balaban J connectivity index is 2.25. The maximum Gasteiger partial charge on any atom is 0.320 e. The largest absolute Gasteiger partial charge is 0.480 e. The van der Waals surface area contributed by atoms with Gasteiger partial charge in [0.05, 0.1) is 0 Å². The summed E-state index contributed by atoms with van der Waals surface area (Å²) in [5.74, 6) is -0.822. The number of carbonyl (C=O) groups is 2. The molecule has 1 atom stereocenters. The molecule has 1 aliphatic rings. The summed E-state index contributed by atoms with van der Waals surface area (Å²) >= 11 is 0. The van der Waals surface area contributed by atoms with Crippen LogP contribution in [0.2, 0.25) is 0 Å². The third-order valence-corrected chi connectivity index (χ3v) is 3.31. The van der Waals surface area contributed by atoms with E-state index in [9.17, 15) is 9.59 Å². The van der Waals surface area contributed by atoms with Crippen LogP contribution in [0.1, 0.15) is 13.3 Å². The fourth-order valence-corrected chi connectivity index (χ4v) is 1.99. The Morgan fingerprint density at radius 3 is 2.47 bits per heavy atom. The Morgan fingerprint density at radius 1 is 1.32 bits per heavy atom. The van der Waals surface area contributed by atoms with Gasteiger partial charge in [-0.25, -0.2) is 4.79 Å². The standard InChI is InChI=1S/C12H23N3O4/c1-10(11(16)17)14-5-7-15(8-6-14)12(18)13-4-3-9-19-2/h10H,3-9H2,1-2H3,(H,13,18)(H,16,17). The predicted molar refractivity (Wildman–Crippen MR) is 70.1 cm³/mol. The molecular weight excluding hydrogens is 250 g/mol. The Kier molecular flexibility index (Phi) is 6.58. The summed E-state index contributed by atoms with van der Waals surface area (Å²) in [5, 5.41) is 11.8. The molecule has 1 aliphatic heterocycles. The highest BCUT2D eigenvalue weighted by Crippen LogP contribution is 2.06. The van der Waals surface area contributed by atoms with E-state index in [0.717, 1.165) is 6.42 Å². The van der Waals surface area contributed by atoms with Gasteiger partial charge in [0.1, 0.15) is 6.04 Å². The number of carboxylic acids is 1. The number of aliphatic carboxylic acids is 1. The quantitative estimate of drug-likeness (QED) is 0.656. The van der Waals surface area contributed by atoms with Gasteiger partial charge >= 0.3 is 12.0 Å². The molecule has 7 nitrogen and oxygen atoms in total. The number of nitrogens with zero attached hydrogens (tertiary/aromatic N) is 2. The normalized spacial score (nSPS) is 18.1. The molecule has 1 fully saturated rings. The Morgan fingerprint density at radius 2 is 1.95 bits per heavy atom. The number of carboxylic acid groups (broad SMARTS) is 1. The fraction of sp³-hybridized carbons (Fsp3) is 0.833. The number of hydrogen-bond acceptors (Lipinski definition) is 4. The molecule has 1 rings (SSSR count). The second-order valence-electron chi connectivity index (χ2n) is 4.62. The van der Waals surface area contributed by atoms with Crippen molar-refractivity contribution >= 4 is 12.0 Å². The molecule has 0 saturated carbocycles. The second-order valence-corrected chi connectivity index (χ2v) is 4.62. The third kappa shape index (κ3) is 5.04. The van der Waals surface area contributed by atoms with Crippen molar-refractivity contribution in [3.63, 3.8) is 0 Å².